The molecule has 3 heteroatoms. The Morgan fingerprint density at radius 1 is 1.22 bits per heavy atom. The van der Waals surface area contributed by atoms with Crippen LogP contribution in [-0.4, -0.2) is 37.5 Å². The molecule has 0 unspecified atom stereocenters. The third kappa shape index (κ3) is 5.52. The van der Waals surface area contributed by atoms with Crippen LogP contribution in [0, 0.1) is 0 Å². The van der Waals surface area contributed by atoms with E-state index in [4.69, 9.17) is 4.74 Å². The molecule has 0 saturated heterocycles. The molecule has 0 spiro atoms. The fourth-order valence-corrected chi connectivity index (χ4v) is 1.83. The summed E-state index contributed by atoms with van der Waals surface area (Å²) in [5, 5.41) is 9.94. The van der Waals surface area contributed by atoms with Gasteiger partial charge in [-0.15, -0.1) is 0 Å². The fourth-order valence-electron chi connectivity index (χ4n) is 1.83. The molecular weight excluding hydrogens is 226 g/mol. The molecule has 0 amide bonds. The summed E-state index contributed by atoms with van der Waals surface area (Å²) in [7, 11) is 0. The third-order valence-electron chi connectivity index (χ3n) is 2.89. The lowest BCUT2D eigenvalue weighted by molar-refractivity contribution is 0.0393. The average molecular weight is 251 g/mol. The minimum Gasteiger partial charge on any atom is -0.389 e. The van der Waals surface area contributed by atoms with Crippen LogP contribution in [0.3, 0.4) is 0 Å². The van der Waals surface area contributed by atoms with E-state index in [1.165, 1.54) is 0 Å². The molecule has 0 aliphatic rings. The molecule has 0 fully saturated rings. The Kier molecular flexibility index (Phi) is 7.46. The van der Waals surface area contributed by atoms with E-state index in [9.17, 15) is 5.11 Å². The van der Waals surface area contributed by atoms with Gasteiger partial charge in [0.1, 0.15) is 0 Å². The highest BCUT2D eigenvalue weighted by Crippen LogP contribution is 2.13. The van der Waals surface area contributed by atoms with Crippen LogP contribution in [-0.2, 0) is 4.74 Å². The summed E-state index contributed by atoms with van der Waals surface area (Å²) in [5.74, 6) is 0. The Balaban J connectivity index is 2.34. The predicted octanol–water partition coefficient (Wildman–Crippen LogP) is 2.69. The van der Waals surface area contributed by atoms with Gasteiger partial charge in [-0.2, -0.15) is 0 Å². The summed E-state index contributed by atoms with van der Waals surface area (Å²) >= 11 is 0. The molecule has 1 N–H and O–H groups in total. The zero-order valence-electron chi connectivity index (χ0n) is 11.5. The molecule has 0 aliphatic carbocycles. The number of unbranched alkanes of at least 4 members (excludes halogenated alkanes) is 1. The number of anilines is 1. The van der Waals surface area contributed by atoms with Crippen LogP contribution in [0.2, 0.25) is 0 Å². The van der Waals surface area contributed by atoms with Crippen molar-refractivity contribution in [3.63, 3.8) is 0 Å². The summed E-state index contributed by atoms with van der Waals surface area (Å²) in [6, 6.07) is 10.2. The smallest absolute Gasteiger partial charge is 0.0947 e. The zero-order valence-corrected chi connectivity index (χ0v) is 11.5. The van der Waals surface area contributed by atoms with Gasteiger partial charge in [-0.25, -0.2) is 0 Å². The number of ether oxygens (including phenoxy) is 1. The molecule has 0 heterocycles. The molecule has 18 heavy (non-hydrogen) atoms. The van der Waals surface area contributed by atoms with Crippen molar-refractivity contribution >= 4 is 5.69 Å². The Morgan fingerprint density at radius 3 is 2.56 bits per heavy atom. The van der Waals surface area contributed by atoms with E-state index in [0.29, 0.717) is 13.2 Å². The van der Waals surface area contributed by atoms with Gasteiger partial charge in [0.25, 0.3) is 0 Å². The number of benzene rings is 1. The fraction of sp³-hybridized carbons (Fsp3) is 0.600. The molecule has 1 rings (SSSR count). The van der Waals surface area contributed by atoms with Gasteiger partial charge in [0.2, 0.25) is 0 Å². The quantitative estimate of drug-likeness (QED) is 0.685. The lowest BCUT2D eigenvalue weighted by Crippen LogP contribution is -2.34. The second-order valence-electron chi connectivity index (χ2n) is 4.46. The minimum absolute atomic E-state index is 0.420. The maximum atomic E-state index is 9.94. The SMILES string of the molecule is CCCCOC[C@@H](O)CN(CC)c1ccccc1. The van der Waals surface area contributed by atoms with Gasteiger partial charge in [0, 0.05) is 25.4 Å². The van der Waals surface area contributed by atoms with Crippen LogP contribution in [0.1, 0.15) is 26.7 Å². The predicted molar refractivity (Wildman–Crippen MR) is 76.1 cm³/mol. The number of hydrogen-bond acceptors (Lipinski definition) is 3. The van der Waals surface area contributed by atoms with Gasteiger partial charge in [-0.3, -0.25) is 0 Å². The molecule has 0 aliphatic heterocycles. The second-order valence-corrected chi connectivity index (χ2v) is 4.46. The normalized spacial score (nSPS) is 12.4. The summed E-state index contributed by atoms with van der Waals surface area (Å²) < 4.78 is 5.44. The van der Waals surface area contributed by atoms with Crippen LogP contribution >= 0.6 is 0 Å². The summed E-state index contributed by atoms with van der Waals surface area (Å²) in [5.41, 5.74) is 1.15. The summed E-state index contributed by atoms with van der Waals surface area (Å²) in [6.45, 7) is 6.89. The first kappa shape index (κ1) is 15.0. The topological polar surface area (TPSA) is 32.7 Å². The van der Waals surface area contributed by atoms with Gasteiger partial charge in [-0.1, -0.05) is 31.5 Å². The molecule has 3 nitrogen and oxygen atoms in total. The highest BCUT2D eigenvalue weighted by molar-refractivity contribution is 5.45. The summed E-state index contributed by atoms with van der Waals surface area (Å²) in [4.78, 5) is 2.16. The van der Waals surface area contributed by atoms with Crippen LogP contribution in [0.25, 0.3) is 0 Å². The van der Waals surface area contributed by atoms with Crippen molar-refractivity contribution in [2.75, 3.05) is 31.2 Å². The molecule has 0 radical (unpaired) electrons. The molecule has 0 bridgehead atoms. The Labute approximate surface area is 110 Å². The van der Waals surface area contributed by atoms with Gasteiger partial charge >= 0.3 is 0 Å². The summed E-state index contributed by atoms with van der Waals surface area (Å²) in [6.07, 6.45) is 1.76. The highest BCUT2D eigenvalue weighted by Gasteiger charge is 2.10. The van der Waals surface area contributed by atoms with Crippen molar-refractivity contribution in [1.29, 1.82) is 0 Å². The Hall–Kier alpha value is -1.06. The minimum atomic E-state index is -0.429. The van der Waals surface area contributed by atoms with E-state index in [-0.39, 0.29) is 0 Å². The monoisotopic (exact) mass is 251 g/mol. The van der Waals surface area contributed by atoms with E-state index in [1.54, 1.807) is 0 Å². The van der Waals surface area contributed by atoms with Crippen molar-refractivity contribution in [3.05, 3.63) is 30.3 Å². The molecule has 1 atom stereocenters. The van der Waals surface area contributed by atoms with Gasteiger partial charge in [0.15, 0.2) is 0 Å². The number of aliphatic hydroxyl groups is 1. The Morgan fingerprint density at radius 2 is 1.94 bits per heavy atom. The van der Waals surface area contributed by atoms with Crippen molar-refractivity contribution in [2.24, 2.45) is 0 Å². The molecule has 1 aromatic rings. The maximum absolute atomic E-state index is 9.94. The van der Waals surface area contributed by atoms with Crippen LogP contribution in [0.5, 0.6) is 0 Å². The first-order valence-corrected chi connectivity index (χ1v) is 6.83. The zero-order chi connectivity index (χ0) is 13.2. The number of hydrogen-bond donors (Lipinski definition) is 1. The Bertz CT molecular complexity index is 303. The van der Waals surface area contributed by atoms with Crippen molar-refractivity contribution in [3.8, 4) is 0 Å². The molecule has 102 valence electrons. The molecule has 0 aromatic heterocycles. The number of likely N-dealkylation sites (N-methyl/N-ethyl adjacent to an activating group) is 1. The van der Waals surface area contributed by atoms with Gasteiger partial charge in [-0.05, 0) is 25.5 Å². The lowest BCUT2D eigenvalue weighted by atomic mass is 10.2. The van der Waals surface area contributed by atoms with E-state index >= 15 is 0 Å². The van der Waals surface area contributed by atoms with E-state index in [2.05, 4.69) is 30.9 Å². The largest absolute Gasteiger partial charge is 0.389 e. The van der Waals surface area contributed by atoms with E-state index in [0.717, 1.165) is 31.7 Å². The number of aliphatic hydroxyl groups excluding tert-OH is 1. The lowest BCUT2D eigenvalue weighted by Gasteiger charge is -2.25. The average Bonchev–Trinajstić information content (AvgIpc) is 2.42. The van der Waals surface area contributed by atoms with Gasteiger partial charge < -0.3 is 14.7 Å². The second kappa shape index (κ2) is 8.95. The standard InChI is InChI=1S/C15H25NO2/c1-3-5-11-18-13-15(17)12-16(4-2)14-9-7-6-8-10-14/h6-10,15,17H,3-5,11-13H2,1-2H3/t15-/m0/s1. The molecule has 0 saturated carbocycles. The van der Waals surface area contributed by atoms with Crippen LogP contribution in [0.15, 0.2) is 30.3 Å². The van der Waals surface area contributed by atoms with E-state index in [1.807, 2.05) is 18.2 Å². The highest BCUT2D eigenvalue weighted by atomic mass is 16.5. The van der Waals surface area contributed by atoms with Crippen molar-refractivity contribution in [1.82, 2.24) is 0 Å². The van der Waals surface area contributed by atoms with Crippen LogP contribution in [0.4, 0.5) is 5.69 Å². The molecular formula is C15H25NO2. The maximum Gasteiger partial charge on any atom is 0.0947 e. The first-order chi connectivity index (χ1) is 8.77. The number of rotatable bonds is 9. The van der Waals surface area contributed by atoms with Gasteiger partial charge in [0.05, 0.1) is 12.7 Å². The third-order valence-corrected chi connectivity index (χ3v) is 2.89. The molecule has 1 aromatic carbocycles. The number of para-hydroxylation sites is 1. The van der Waals surface area contributed by atoms with Crippen LogP contribution < -0.4 is 4.90 Å². The van der Waals surface area contributed by atoms with Crippen molar-refractivity contribution < 1.29 is 9.84 Å². The van der Waals surface area contributed by atoms with E-state index < -0.39 is 6.10 Å². The van der Waals surface area contributed by atoms with Crippen molar-refractivity contribution in [2.45, 2.75) is 32.8 Å². The first-order valence-electron chi connectivity index (χ1n) is 6.83. The number of nitrogens with zero attached hydrogens (tertiary/aromatic N) is 1.